The summed E-state index contributed by atoms with van der Waals surface area (Å²) in [7, 11) is 0. The predicted molar refractivity (Wildman–Crippen MR) is 87.0 cm³/mol. The lowest BCUT2D eigenvalue weighted by Gasteiger charge is -2.11. The zero-order chi connectivity index (χ0) is 15.8. The average molecular weight is 365 g/mol. The number of esters is 1. The molecule has 22 heavy (non-hydrogen) atoms. The summed E-state index contributed by atoms with van der Waals surface area (Å²) in [6.07, 6.45) is 0. The minimum absolute atomic E-state index is 0.378. The second kappa shape index (κ2) is 8.56. The molecule has 2 aromatic carbocycles. The zero-order valence-corrected chi connectivity index (χ0v) is 13.8. The molecule has 5 heteroatoms. The van der Waals surface area contributed by atoms with Crippen molar-refractivity contribution in [3.63, 3.8) is 0 Å². The van der Waals surface area contributed by atoms with Crippen molar-refractivity contribution < 1.29 is 19.0 Å². The van der Waals surface area contributed by atoms with Crippen LogP contribution in [0.4, 0.5) is 0 Å². The highest BCUT2D eigenvalue weighted by molar-refractivity contribution is 9.10. The van der Waals surface area contributed by atoms with Crippen LogP contribution in [0.5, 0.6) is 11.5 Å². The third kappa shape index (κ3) is 5.50. The third-order valence-corrected chi connectivity index (χ3v) is 3.25. The minimum Gasteiger partial charge on any atom is -0.487 e. The van der Waals surface area contributed by atoms with Gasteiger partial charge in [-0.15, -0.1) is 0 Å². The molecule has 0 aliphatic carbocycles. The van der Waals surface area contributed by atoms with Crippen LogP contribution in [0.15, 0.2) is 53.0 Å². The lowest BCUT2D eigenvalue weighted by atomic mass is 10.2. The highest BCUT2D eigenvalue weighted by Gasteiger charge is 2.08. The number of carbonyl (C=O) groups excluding carboxylic acids is 1. The molecule has 4 nitrogen and oxygen atoms in total. The maximum absolute atomic E-state index is 11.1. The van der Waals surface area contributed by atoms with E-state index in [1.165, 1.54) is 6.92 Å². The SMILES string of the molecule is CC(=O)Oc1cc(Br)ccc1OCCOCc1ccccc1. The Bertz CT molecular complexity index is 613. The summed E-state index contributed by atoms with van der Waals surface area (Å²) in [4.78, 5) is 11.1. The van der Waals surface area contributed by atoms with Gasteiger partial charge in [-0.2, -0.15) is 0 Å². The lowest BCUT2D eigenvalue weighted by Crippen LogP contribution is -2.09. The molecule has 2 rings (SSSR count). The summed E-state index contributed by atoms with van der Waals surface area (Å²) >= 11 is 3.33. The van der Waals surface area contributed by atoms with Gasteiger partial charge in [0.15, 0.2) is 11.5 Å². The van der Waals surface area contributed by atoms with Crippen LogP contribution in [0.1, 0.15) is 12.5 Å². The van der Waals surface area contributed by atoms with E-state index in [2.05, 4.69) is 15.9 Å². The normalized spacial score (nSPS) is 10.3. The van der Waals surface area contributed by atoms with Crippen LogP contribution in [0.3, 0.4) is 0 Å². The highest BCUT2D eigenvalue weighted by Crippen LogP contribution is 2.30. The number of carbonyl (C=O) groups is 1. The summed E-state index contributed by atoms with van der Waals surface area (Å²) in [5.74, 6) is 0.523. The third-order valence-electron chi connectivity index (χ3n) is 2.76. The van der Waals surface area contributed by atoms with Crippen LogP contribution >= 0.6 is 15.9 Å². The van der Waals surface area contributed by atoms with Gasteiger partial charge < -0.3 is 14.2 Å². The summed E-state index contributed by atoms with van der Waals surface area (Å²) in [5.41, 5.74) is 1.12. The minimum atomic E-state index is -0.386. The number of hydrogen-bond acceptors (Lipinski definition) is 4. The Balaban J connectivity index is 1.80. The van der Waals surface area contributed by atoms with Crippen molar-refractivity contribution in [2.24, 2.45) is 0 Å². The predicted octanol–water partition coefficient (Wildman–Crippen LogP) is 3.97. The molecule has 0 aromatic heterocycles. The van der Waals surface area contributed by atoms with E-state index in [1.807, 2.05) is 36.4 Å². The van der Waals surface area contributed by atoms with Crippen molar-refractivity contribution in [1.82, 2.24) is 0 Å². The van der Waals surface area contributed by atoms with Gasteiger partial charge in [0.05, 0.1) is 13.2 Å². The van der Waals surface area contributed by atoms with Crippen LogP contribution in [0.25, 0.3) is 0 Å². The fraction of sp³-hybridized carbons (Fsp3) is 0.235. The fourth-order valence-corrected chi connectivity index (χ4v) is 2.15. The first-order chi connectivity index (χ1) is 10.6. The van der Waals surface area contributed by atoms with Crippen LogP contribution < -0.4 is 9.47 Å². The van der Waals surface area contributed by atoms with Crippen LogP contribution in [-0.2, 0) is 16.1 Å². The van der Waals surface area contributed by atoms with Gasteiger partial charge in [-0.3, -0.25) is 4.79 Å². The lowest BCUT2D eigenvalue weighted by molar-refractivity contribution is -0.132. The van der Waals surface area contributed by atoms with Gasteiger partial charge in [-0.25, -0.2) is 0 Å². The number of ether oxygens (including phenoxy) is 3. The molecule has 0 fully saturated rings. The molecule has 0 unspecified atom stereocenters. The van der Waals surface area contributed by atoms with Crippen molar-refractivity contribution in [1.29, 1.82) is 0 Å². The Labute approximate surface area is 138 Å². The molecule has 0 N–H and O–H groups in total. The number of hydrogen-bond donors (Lipinski definition) is 0. The summed E-state index contributed by atoms with van der Waals surface area (Å²) < 4.78 is 17.1. The monoisotopic (exact) mass is 364 g/mol. The van der Waals surface area contributed by atoms with Crippen molar-refractivity contribution in [2.75, 3.05) is 13.2 Å². The topological polar surface area (TPSA) is 44.8 Å². The second-order valence-electron chi connectivity index (χ2n) is 4.57. The van der Waals surface area contributed by atoms with Gasteiger partial charge in [0.2, 0.25) is 0 Å². The molecule has 0 radical (unpaired) electrons. The summed E-state index contributed by atoms with van der Waals surface area (Å²) in [5, 5.41) is 0. The first-order valence-electron chi connectivity index (χ1n) is 6.87. The van der Waals surface area contributed by atoms with E-state index in [0.29, 0.717) is 31.3 Å². The highest BCUT2D eigenvalue weighted by atomic mass is 79.9. The van der Waals surface area contributed by atoms with Gasteiger partial charge in [0.1, 0.15) is 6.61 Å². The van der Waals surface area contributed by atoms with Crippen LogP contribution in [0.2, 0.25) is 0 Å². The molecule has 2 aromatic rings. The van der Waals surface area contributed by atoms with Crippen molar-refractivity contribution >= 4 is 21.9 Å². The fourth-order valence-electron chi connectivity index (χ4n) is 1.81. The first kappa shape index (κ1) is 16.5. The molecule has 0 saturated heterocycles. The molecule has 0 heterocycles. The molecular weight excluding hydrogens is 348 g/mol. The molecule has 0 aliphatic heterocycles. The number of halogens is 1. The maximum Gasteiger partial charge on any atom is 0.308 e. The van der Waals surface area contributed by atoms with Gasteiger partial charge in [-0.05, 0) is 23.8 Å². The molecule has 0 atom stereocenters. The maximum atomic E-state index is 11.1. The average Bonchev–Trinajstić information content (AvgIpc) is 2.49. The molecule has 0 saturated carbocycles. The van der Waals surface area contributed by atoms with Gasteiger partial charge in [-0.1, -0.05) is 46.3 Å². The molecule has 0 aliphatic rings. The molecule has 0 amide bonds. The smallest absolute Gasteiger partial charge is 0.308 e. The van der Waals surface area contributed by atoms with Crippen molar-refractivity contribution in [2.45, 2.75) is 13.5 Å². The Hall–Kier alpha value is -1.85. The van der Waals surface area contributed by atoms with E-state index in [-0.39, 0.29) is 5.97 Å². The van der Waals surface area contributed by atoms with Gasteiger partial charge in [0, 0.05) is 11.4 Å². The number of rotatable bonds is 7. The quantitative estimate of drug-likeness (QED) is 0.423. The number of benzene rings is 2. The molecule has 0 bridgehead atoms. The van der Waals surface area contributed by atoms with E-state index >= 15 is 0 Å². The van der Waals surface area contributed by atoms with E-state index in [0.717, 1.165) is 10.0 Å². The van der Waals surface area contributed by atoms with Crippen molar-refractivity contribution in [3.8, 4) is 11.5 Å². The Morgan fingerprint density at radius 1 is 1.05 bits per heavy atom. The summed E-state index contributed by atoms with van der Waals surface area (Å²) in [6.45, 7) is 2.72. The van der Waals surface area contributed by atoms with Crippen LogP contribution in [-0.4, -0.2) is 19.2 Å². The Morgan fingerprint density at radius 3 is 2.55 bits per heavy atom. The van der Waals surface area contributed by atoms with Crippen LogP contribution in [0, 0.1) is 0 Å². The van der Waals surface area contributed by atoms with Crippen molar-refractivity contribution in [3.05, 3.63) is 58.6 Å². The molecule has 116 valence electrons. The van der Waals surface area contributed by atoms with E-state index in [1.54, 1.807) is 12.1 Å². The van der Waals surface area contributed by atoms with Gasteiger partial charge in [0.25, 0.3) is 0 Å². The van der Waals surface area contributed by atoms with E-state index in [9.17, 15) is 4.79 Å². The Morgan fingerprint density at radius 2 is 1.82 bits per heavy atom. The molecular formula is C17H17BrO4. The standard InChI is InChI=1S/C17H17BrO4/c1-13(19)22-17-11-15(18)7-8-16(17)21-10-9-20-12-14-5-3-2-4-6-14/h2-8,11H,9-10,12H2,1H3. The first-order valence-corrected chi connectivity index (χ1v) is 7.67. The van der Waals surface area contributed by atoms with Gasteiger partial charge >= 0.3 is 5.97 Å². The van der Waals surface area contributed by atoms with E-state index < -0.39 is 0 Å². The Kier molecular flexibility index (Phi) is 6.43. The molecule has 0 spiro atoms. The van der Waals surface area contributed by atoms with E-state index in [4.69, 9.17) is 14.2 Å². The largest absolute Gasteiger partial charge is 0.487 e. The summed E-state index contributed by atoms with van der Waals surface area (Å²) in [6, 6.07) is 15.2. The zero-order valence-electron chi connectivity index (χ0n) is 12.3. The second-order valence-corrected chi connectivity index (χ2v) is 5.49.